The molecule has 0 fully saturated rings. The van der Waals surface area contributed by atoms with E-state index in [1.807, 2.05) is 0 Å². The molecular weight excluding hydrogens is 231 g/mol. The zero-order valence-electron chi connectivity index (χ0n) is 6.24. The number of hydrogen-bond acceptors (Lipinski definition) is 1. The molecule has 0 rings (SSSR count). The molecule has 0 aliphatic heterocycles. The second kappa shape index (κ2) is 3.77. The number of hydrogen-bond donors (Lipinski definition) is 0. The van der Waals surface area contributed by atoms with Gasteiger partial charge in [0, 0.05) is 0 Å². The molecule has 0 aliphatic carbocycles. The van der Waals surface area contributed by atoms with E-state index in [-0.39, 0.29) is 5.41 Å². The minimum atomic E-state index is -3.03. The third-order valence-corrected chi connectivity index (χ3v) is 2.75. The fourth-order valence-corrected chi connectivity index (χ4v) is 1.87. The fourth-order valence-electron chi connectivity index (χ4n) is 0.292. The first-order valence-corrected chi connectivity index (χ1v) is 9.27. The average molecular weight is 242 g/mol. The van der Waals surface area contributed by atoms with Gasteiger partial charge >= 0.3 is 77.0 Å². The molecule has 62 valence electrons. The van der Waals surface area contributed by atoms with Crippen molar-refractivity contribution in [3.05, 3.63) is 0 Å². The molecule has 0 atom stereocenters. The van der Waals surface area contributed by atoms with Gasteiger partial charge in [-0.25, -0.2) is 0 Å². The Morgan fingerprint density at radius 1 is 1.20 bits per heavy atom. The fraction of sp³-hybridized carbons (Fsp3) is 1.00. The first-order chi connectivity index (χ1) is 4.21. The molecule has 0 amide bonds. The molecule has 10 heavy (non-hydrogen) atoms. The van der Waals surface area contributed by atoms with Gasteiger partial charge in [-0.2, -0.15) is 0 Å². The summed E-state index contributed by atoms with van der Waals surface area (Å²) >= 11 is 0. The maximum absolute atomic E-state index is 5.58. The zero-order valence-corrected chi connectivity index (χ0v) is 9.90. The first kappa shape index (κ1) is 11.3. The monoisotopic (exact) mass is 241 g/mol. The quantitative estimate of drug-likeness (QED) is 0.662. The van der Waals surface area contributed by atoms with Crippen LogP contribution in [0.5, 0.6) is 0 Å². The van der Waals surface area contributed by atoms with Crippen LogP contribution in [-0.4, -0.2) is 6.54 Å². The summed E-state index contributed by atoms with van der Waals surface area (Å²) in [6.45, 7) is 6.82. The summed E-state index contributed by atoms with van der Waals surface area (Å²) in [4.78, 5) is 0. The average Bonchev–Trinajstić information content (AvgIpc) is 1.57. The topological polar surface area (TPSA) is 12.4 Å². The van der Waals surface area contributed by atoms with E-state index in [4.69, 9.17) is 29.5 Å². The van der Waals surface area contributed by atoms with E-state index in [0.29, 0.717) is 6.54 Å². The third kappa shape index (κ3) is 9.25. The van der Waals surface area contributed by atoms with Crippen molar-refractivity contribution in [2.24, 2.45) is 9.21 Å². The predicted octanol–water partition coefficient (Wildman–Crippen LogP) is 3.83. The van der Waals surface area contributed by atoms with Crippen LogP contribution in [0.25, 0.3) is 0 Å². The van der Waals surface area contributed by atoms with E-state index in [2.05, 4.69) is 24.6 Å². The molecule has 0 N–H and O–H groups in total. The van der Waals surface area contributed by atoms with E-state index in [0.717, 1.165) is 0 Å². The standard InChI is InChI=1S/C5H11N.3ClH.V/c1-5(2,3)4-6;;;;/h4H2,1-3H3;3*1H;/q;;;;+3/p-3. The SMILES string of the molecule is CC(C)(C)C[N]=[V]([Cl])([Cl])[Cl]. The summed E-state index contributed by atoms with van der Waals surface area (Å²) in [7, 11) is 13.7. The Labute approximate surface area is 76.8 Å². The van der Waals surface area contributed by atoms with E-state index >= 15 is 0 Å². The first-order valence-electron chi connectivity index (χ1n) is 2.88. The zero-order chi connectivity index (χ0) is 8.41. The molecule has 0 heterocycles. The molecule has 0 spiro atoms. The van der Waals surface area contributed by atoms with Crippen LogP contribution in [-0.2, 0) is 11.0 Å². The molecular formula is C5H11Cl3NV. The Kier molecular flexibility index (Phi) is 4.25. The van der Waals surface area contributed by atoms with Gasteiger partial charge in [0.05, 0.1) is 0 Å². The van der Waals surface area contributed by atoms with Crippen molar-refractivity contribution in [2.45, 2.75) is 20.8 Å². The molecule has 0 aromatic rings. The van der Waals surface area contributed by atoms with Crippen molar-refractivity contribution in [2.75, 3.05) is 6.54 Å². The van der Waals surface area contributed by atoms with Crippen LogP contribution >= 0.6 is 29.5 Å². The Hall–Kier alpha value is 1.25. The molecule has 5 heteroatoms. The number of nitrogens with zero attached hydrogens (tertiary/aromatic N) is 1. The Balaban J connectivity index is 3.98. The second-order valence-electron chi connectivity index (χ2n) is 3.28. The van der Waals surface area contributed by atoms with Crippen molar-refractivity contribution < 1.29 is 11.0 Å². The second-order valence-corrected chi connectivity index (χ2v) is 13.2. The summed E-state index contributed by atoms with van der Waals surface area (Å²) in [5.74, 6) is 0. The number of halogens is 3. The third-order valence-electron chi connectivity index (χ3n) is 0.705. The van der Waals surface area contributed by atoms with E-state index in [9.17, 15) is 0 Å². The van der Waals surface area contributed by atoms with Crippen LogP contribution in [0.4, 0.5) is 0 Å². The molecule has 0 aliphatic rings. The molecule has 0 saturated heterocycles. The van der Waals surface area contributed by atoms with Crippen molar-refractivity contribution in [3.63, 3.8) is 0 Å². The molecule has 0 bridgehead atoms. The Morgan fingerprint density at radius 2 is 1.60 bits per heavy atom. The van der Waals surface area contributed by atoms with Gasteiger partial charge in [0.1, 0.15) is 0 Å². The summed E-state index contributed by atoms with van der Waals surface area (Å²) in [6.07, 6.45) is 0. The van der Waals surface area contributed by atoms with Crippen molar-refractivity contribution >= 4 is 29.5 Å². The van der Waals surface area contributed by atoms with Gasteiger partial charge in [-0.15, -0.1) is 0 Å². The van der Waals surface area contributed by atoms with Gasteiger partial charge in [0.2, 0.25) is 0 Å². The van der Waals surface area contributed by atoms with Gasteiger partial charge in [0.15, 0.2) is 0 Å². The van der Waals surface area contributed by atoms with Crippen LogP contribution in [0.3, 0.4) is 0 Å². The molecule has 0 saturated carbocycles. The van der Waals surface area contributed by atoms with E-state index in [1.165, 1.54) is 0 Å². The van der Waals surface area contributed by atoms with Crippen molar-refractivity contribution in [1.29, 1.82) is 0 Å². The summed E-state index contributed by atoms with van der Waals surface area (Å²) in [5.41, 5.74) is 0.130. The minimum absolute atomic E-state index is 0.130. The molecule has 0 radical (unpaired) electrons. The number of rotatable bonds is 1. The maximum atomic E-state index is 5.58. The van der Waals surface area contributed by atoms with E-state index < -0.39 is 11.0 Å². The molecule has 0 unspecified atom stereocenters. The van der Waals surface area contributed by atoms with Gasteiger partial charge in [0.25, 0.3) is 0 Å². The van der Waals surface area contributed by atoms with Gasteiger partial charge in [-0.3, -0.25) is 0 Å². The molecule has 1 nitrogen and oxygen atoms in total. The molecule has 0 aromatic carbocycles. The van der Waals surface area contributed by atoms with Gasteiger partial charge < -0.3 is 0 Å². The van der Waals surface area contributed by atoms with Crippen LogP contribution in [0.2, 0.25) is 0 Å². The van der Waals surface area contributed by atoms with Crippen LogP contribution < -0.4 is 0 Å². The van der Waals surface area contributed by atoms with Gasteiger partial charge in [-0.05, 0) is 0 Å². The van der Waals surface area contributed by atoms with Crippen molar-refractivity contribution in [1.82, 2.24) is 0 Å². The molecule has 0 aromatic heterocycles. The van der Waals surface area contributed by atoms with E-state index in [1.54, 1.807) is 0 Å². The summed E-state index contributed by atoms with van der Waals surface area (Å²) < 4.78 is 4.00. The van der Waals surface area contributed by atoms with Crippen LogP contribution in [0, 0.1) is 5.41 Å². The Bertz CT molecular complexity index is 147. The van der Waals surface area contributed by atoms with Gasteiger partial charge in [-0.1, -0.05) is 0 Å². The van der Waals surface area contributed by atoms with Crippen LogP contribution in [0.1, 0.15) is 20.8 Å². The van der Waals surface area contributed by atoms with Crippen LogP contribution in [0.15, 0.2) is 3.79 Å². The van der Waals surface area contributed by atoms with Crippen molar-refractivity contribution in [3.8, 4) is 0 Å². The summed E-state index contributed by atoms with van der Waals surface area (Å²) in [6, 6.07) is 0. The normalized spacial score (nSPS) is 13.4. The summed E-state index contributed by atoms with van der Waals surface area (Å²) in [5, 5.41) is 0. The predicted molar refractivity (Wildman–Crippen MR) is 44.3 cm³/mol. The Morgan fingerprint density at radius 3 is 1.70 bits per heavy atom.